The molecule has 1 N–H and O–H groups in total. The van der Waals surface area contributed by atoms with Gasteiger partial charge in [-0.1, -0.05) is 54.6 Å². The normalized spacial score (nSPS) is 11.8. The van der Waals surface area contributed by atoms with E-state index in [4.69, 9.17) is 0 Å². The highest BCUT2D eigenvalue weighted by Crippen LogP contribution is 2.22. The van der Waals surface area contributed by atoms with Gasteiger partial charge in [0.1, 0.15) is 12.0 Å². The van der Waals surface area contributed by atoms with Crippen LogP contribution in [0.25, 0.3) is 22.4 Å². The van der Waals surface area contributed by atoms with Crippen molar-refractivity contribution in [3.8, 4) is 22.4 Å². The first kappa shape index (κ1) is 18.6. The molecule has 0 bridgehead atoms. The molecule has 0 aliphatic heterocycles. The number of amides is 1. The number of aryl methyl sites for hydroxylation is 1. The van der Waals surface area contributed by atoms with E-state index >= 15 is 0 Å². The Morgan fingerprint density at radius 3 is 2.31 bits per heavy atom. The zero-order chi connectivity index (χ0) is 20.2. The van der Waals surface area contributed by atoms with E-state index in [1.165, 1.54) is 6.33 Å². The molecule has 29 heavy (non-hydrogen) atoms. The maximum absolute atomic E-state index is 12.8. The van der Waals surface area contributed by atoms with Crippen LogP contribution in [0, 0.1) is 0 Å². The van der Waals surface area contributed by atoms with Crippen LogP contribution in [0.4, 0.5) is 0 Å². The molecule has 1 amide bonds. The molecule has 0 aliphatic carbocycles. The van der Waals surface area contributed by atoms with Gasteiger partial charge < -0.3 is 5.32 Å². The number of benzene rings is 2. The van der Waals surface area contributed by atoms with Gasteiger partial charge in [-0.15, -0.1) is 0 Å². The first-order valence-corrected chi connectivity index (χ1v) is 9.37. The first-order valence-electron chi connectivity index (χ1n) is 9.37. The largest absolute Gasteiger partial charge is 0.344 e. The minimum atomic E-state index is -0.157. The van der Waals surface area contributed by atoms with Crippen molar-refractivity contribution in [1.29, 1.82) is 0 Å². The molecule has 6 heteroatoms. The average Bonchev–Trinajstić information content (AvgIpc) is 3.17. The second kappa shape index (κ2) is 8.06. The Morgan fingerprint density at radius 1 is 0.931 bits per heavy atom. The first-order chi connectivity index (χ1) is 14.1. The summed E-state index contributed by atoms with van der Waals surface area (Å²) in [6, 6.07) is 19.5. The molecule has 4 rings (SSSR count). The maximum atomic E-state index is 12.8. The molecule has 0 saturated heterocycles. The molecule has 2 aromatic heterocycles. The van der Waals surface area contributed by atoms with Gasteiger partial charge in [-0.3, -0.25) is 9.48 Å². The summed E-state index contributed by atoms with van der Waals surface area (Å²) in [4.78, 5) is 20.9. The van der Waals surface area contributed by atoms with Gasteiger partial charge in [0.2, 0.25) is 0 Å². The third kappa shape index (κ3) is 4.06. The van der Waals surface area contributed by atoms with Crippen LogP contribution in [0.15, 0.2) is 79.4 Å². The van der Waals surface area contributed by atoms with Gasteiger partial charge in [0.05, 0.1) is 11.7 Å². The van der Waals surface area contributed by atoms with Crippen molar-refractivity contribution in [2.24, 2.45) is 7.05 Å². The summed E-state index contributed by atoms with van der Waals surface area (Å²) in [6.45, 7) is 1.97. The van der Waals surface area contributed by atoms with E-state index in [9.17, 15) is 4.79 Å². The van der Waals surface area contributed by atoms with E-state index in [1.807, 2.05) is 67.6 Å². The highest BCUT2D eigenvalue weighted by Gasteiger charge is 2.17. The summed E-state index contributed by atoms with van der Waals surface area (Å²) in [5.74, 6) is -0.157. The van der Waals surface area contributed by atoms with E-state index in [2.05, 4.69) is 20.4 Å². The molecule has 2 aromatic carbocycles. The molecule has 1 atom stereocenters. The molecule has 0 unspecified atom stereocenters. The topological polar surface area (TPSA) is 72.7 Å². The standard InChI is InChI=1S/C23H21N5O/c1-16(17-8-10-18(11-9-17)20-13-24-15-25-14-20)26-23(29)22-12-21(27-28(22)2)19-6-4-3-5-7-19/h3-16H,1-2H3,(H,26,29)/t16-/m1/s1. The molecule has 0 radical (unpaired) electrons. The molecular weight excluding hydrogens is 362 g/mol. The van der Waals surface area contributed by atoms with Crippen molar-refractivity contribution in [3.63, 3.8) is 0 Å². The summed E-state index contributed by atoms with van der Waals surface area (Å²) in [7, 11) is 1.78. The van der Waals surface area contributed by atoms with Crippen molar-refractivity contribution < 1.29 is 4.79 Å². The number of aromatic nitrogens is 4. The monoisotopic (exact) mass is 383 g/mol. The number of hydrogen-bond donors (Lipinski definition) is 1. The van der Waals surface area contributed by atoms with Crippen molar-refractivity contribution in [2.45, 2.75) is 13.0 Å². The quantitative estimate of drug-likeness (QED) is 0.565. The summed E-state index contributed by atoms with van der Waals surface area (Å²) in [5.41, 5.74) is 5.29. The fourth-order valence-electron chi connectivity index (χ4n) is 3.20. The Labute approximate surface area is 169 Å². The second-order valence-corrected chi connectivity index (χ2v) is 6.85. The van der Waals surface area contributed by atoms with E-state index in [-0.39, 0.29) is 11.9 Å². The molecule has 4 aromatic rings. The molecular formula is C23H21N5O. The van der Waals surface area contributed by atoms with E-state index in [1.54, 1.807) is 24.1 Å². The van der Waals surface area contributed by atoms with Crippen LogP contribution in [-0.4, -0.2) is 25.7 Å². The SMILES string of the molecule is C[C@@H](NC(=O)c1cc(-c2ccccc2)nn1C)c1ccc(-c2cncnc2)cc1. The fraction of sp³-hybridized carbons (Fsp3) is 0.130. The summed E-state index contributed by atoms with van der Waals surface area (Å²) >= 11 is 0. The second-order valence-electron chi connectivity index (χ2n) is 6.85. The van der Waals surface area contributed by atoms with E-state index in [0.717, 1.165) is 27.9 Å². The van der Waals surface area contributed by atoms with Crippen LogP contribution in [0.5, 0.6) is 0 Å². The number of hydrogen-bond acceptors (Lipinski definition) is 4. The predicted molar refractivity (Wildman–Crippen MR) is 112 cm³/mol. The highest BCUT2D eigenvalue weighted by molar-refractivity contribution is 5.94. The minimum Gasteiger partial charge on any atom is -0.344 e. The van der Waals surface area contributed by atoms with Crippen molar-refractivity contribution in [3.05, 3.63) is 90.6 Å². The summed E-state index contributed by atoms with van der Waals surface area (Å²) in [5, 5.41) is 7.52. The number of carbonyl (C=O) groups is 1. The zero-order valence-corrected chi connectivity index (χ0v) is 16.3. The van der Waals surface area contributed by atoms with Gasteiger partial charge in [0, 0.05) is 30.6 Å². The third-order valence-electron chi connectivity index (χ3n) is 4.83. The van der Waals surface area contributed by atoms with Crippen molar-refractivity contribution >= 4 is 5.91 Å². The third-order valence-corrected chi connectivity index (χ3v) is 4.83. The van der Waals surface area contributed by atoms with Gasteiger partial charge in [-0.2, -0.15) is 5.10 Å². The lowest BCUT2D eigenvalue weighted by atomic mass is 10.0. The van der Waals surface area contributed by atoms with Crippen molar-refractivity contribution in [2.75, 3.05) is 0 Å². The van der Waals surface area contributed by atoms with Crippen LogP contribution < -0.4 is 5.32 Å². The molecule has 6 nitrogen and oxygen atoms in total. The number of carbonyl (C=O) groups excluding carboxylic acids is 1. The molecule has 144 valence electrons. The van der Waals surface area contributed by atoms with Gasteiger partial charge in [-0.05, 0) is 24.1 Å². The lowest BCUT2D eigenvalue weighted by molar-refractivity contribution is 0.0930. The fourth-order valence-corrected chi connectivity index (χ4v) is 3.20. The van der Waals surface area contributed by atoms with Gasteiger partial charge in [-0.25, -0.2) is 9.97 Å². The number of rotatable bonds is 5. The number of nitrogens with one attached hydrogen (secondary N) is 1. The molecule has 2 heterocycles. The number of nitrogens with zero attached hydrogens (tertiary/aromatic N) is 4. The molecule has 0 fully saturated rings. The average molecular weight is 383 g/mol. The molecule has 0 spiro atoms. The van der Waals surface area contributed by atoms with Crippen LogP contribution in [0.1, 0.15) is 29.0 Å². The van der Waals surface area contributed by atoms with Gasteiger partial charge >= 0.3 is 0 Å². The molecule has 0 aliphatic rings. The van der Waals surface area contributed by atoms with Crippen LogP contribution in [0.3, 0.4) is 0 Å². The Balaban J connectivity index is 1.48. The Morgan fingerprint density at radius 2 is 1.62 bits per heavy atom. The van der Waals surface area contributed by atoms with E-state index in [0.29, 0.717) is 5.69 Å². The summed E-state index contributed by atoms with van der Waals surface area (Å²) < 4.78 is 1.61. The predicted octanol–water partition coefficient (Wildman–Crippen LogP) is 4.04. The Hall–Kier alpha value is -3.80. The highest BCUT2D eigenvalue weighted by atomic mass is 16.2. The van der Waals surface area contributed by atoms with Gasteiger partial charge in [0.15, 0.2) is 0 Å². The van der Waals surface area contributed by atoms with Crippen molar-refractivity contribution in [1.82, 2.24) is 25.1 Å². The van der Waals surface area contributed by atoms with Crippen LogP contribution >= 0.6 is 0 Å². The van der Waals surface area contributed by atoms with Crippen LogP contribution in [0.2, 0.25) is 0 Å². The van der Waals surface area contributed by atoms with Crippen LogP contribution in [-0.2, 0) is 7.05 Å². The lowest BCUT2D eigenvalue weighted by Crippen LogP contribution is -2.28. The Kier molecular flexibility index (Phi) is 5.16. The summed E-state index contributed by atoms with van der Waals surface area (Å²) in [6.07, 6.45) is 5.07. The van der Waals surface area contributed by atoms with Gasteiger partial charge in [0.25, 0.3) is 5.91 Å². The maximum Gasteiger partial charge on any atom is 0.270 e. The Bertz CT molecular complexity index is 1110. The lowest BCUT2D eigenvalue weighted by Gasteiger charge is -2.15. The van der Waals surface area contributed by atoms with E-state index < -0.39 is 0 Å². The smallest absolute Gasteiger partial charge is 0.270 e. The minimum absolute atomic E-state index is 0.140. The zero-order valence-electron chi connectivity index (χ0n) is 16.3. The molecule has 0 saturated carbocycles.